The van der Waals surface area contributed by atoms with Crippen LogP contribution in [-0.2, 0) is 21.4 Å². The van der Waals surface area contributed by atoms with Crippen molar-refractivity contribution in [3.63, 3.8) is 0 Å². The molecule has 2 aromatic carbocycles. The Morgan fingerprint density at radius 3 is 2.58 bits per heavy atom. The van der Waals surface area contributed by atoms with Crippen molar-refractivity contribution in [2.45, 2.75) is 46.0 Å². The third kappa shape index (κ3) is 5.55. The summed E-state index contributed by atoms with van der Waals surface area (Å²) in [6.45, 7) is 8.25. The Morgan fingerprint density at radius 2 is 1.87 bits per heavy atom. The van der Waals surface area contributed by atoms with Crippen LogP contribution in [0.25, 0.3) is 26.4 Å². The molecule has 2 N–H and O–H groups in total. The summed E-state index contributed by atoms with van der Waals surface area (Å²) < 4.78 is 13.5. The molecule has 0 unspecified atom stereocenters. The molecule has 3 heterocycles. The molecule has 5 aromatic rings. The predicted octanol–water partition coefficient (Wildman–Crippen LogP) is 6.64. The summed E-state index contributed by atoms with van der Waals surface area (Å²) in [6, 6.07) is 15.1. The number of aromatic nitrogens is 3. The van der Waals surface area contributed by atoms with Crippen LogP contribution < -0.4 is 10.6 Å². The first-order valence-electron chi connectivity index (χ1n) is 12.4. The Morgan fingerprint density at radius 1 is 1.08 bits per heavy atom. The number of anilines is 2. The quantitative estimate of drug-likeness (QED) is 0.228. The standard InChI is InChI=1S/C28H29N5O4S/c1-5-36-25(34)13-7-17-6-12-21-22(14-17)38-27-30-20(16-33(21)27)18-8-10-19(11-9-18)29-26(35)31-24-15-23(37-32-24)28(2,3)4/h6,8-12,14-16H,5,7,13H2,1-4H3,(H2,29,31,32,35). The molecule has 0 spiro atoms. The molecule has 2 amide bonds. The smallest absolute Gasteiger partial charge is 0.324 e. The predicted molar refractivity (Wildman–Crippen MR) is 149 cm³/mol. The fourth-order valence-electron chi connectivity index (χ4n) is 4.01. The zero-order valence-electron chi connectivity index (χ0n) is 21.7. The van der Waals surface area contributed by atoms with Crippen LogP contribution in [0.15, 0.2) is 59.3 Å². The number of rotatable bonds is 7. The molecule has 3 aromatic heterocycles. The topological polar surface area (TPSA) is 111 Å². The van der Waals surface area contributed by atoms with E-state index in [0.29, 0.717) is 36.7 Å². The lowest BCUT2D eigenvalue weighted by Crippen LogP contribution is -2.19. The zero-order chi connectivity index (χ0) is 26.9. The summed E-state index contributed by atoms with van der Waals surface area (Å²) in [5.74, 6) is 0.879. The molecular weight excluding hydrogens is 502 g/mol. The van der Waals surface area contributed by atoms with Gasteiger partial charge in [-0.3, -0.25) is 14.5 Å². The van der Waals surface area contributed by atoms with E-state index in [4.69, 9.17) is 14.2 Å². The average Bonchev–Trinajstić information content (AvgIpc) is 3.58. The number of esters is 1. The van der Waals surface area contributed by atoms with Gasteiger partial charge in [-0.15, -0.1) is 0 Å². The number of hydrogen-bond acceptors (Lipinski definition) is 7. The summed E-state index contributed by atoms with van der Waals surface area (Å²) in [7, 11) is 0. The molecule has 38 heavy (non-hydrogen) atoms. The highest BCUT2D eigenvalue weighted by atomic mass is 32.1. The molecule has 0 fully saturated rings. The van der Waals surface area contributed by atoms with Crippen LogP contribution in [0.2, 0.25) is 0 Å². The van der Waals surface area contributed by atoms with Crippen molar-refractivity contribution < 1.29 is 18.8 Å². The maximum Gasteiger partial charge on any atom is 0.324 e. The molecule has 9 nitrogen and oxygen atoms in total. The summed E-state index contributed by atoms with van der Waals surface area (Å²) in [5, 5.41) is 9.41. The lowest BCUT2D eigenvalue weighted by Gasteiger charge is -2.12. The van der Waals surface area contributed by atoms with E-state index in [-0.39, 0.29) is 11.4 Å². The van der Waals surface area contributed by atoms with Crippen molar-refractivity contribution in [3.05, 3.63) is 66.1 Å². The number of carbonyl (C=O) groups excluding carboxylic acids is 2. The summed E-state index contributed by atoms with van der Waals surface area (Å²) >= 11 is 1.61. The summed E-state index contributed by atoms with van der Waals surface area (Å²) in [6.07, 6.45) is 3.03. The van der Waals surface area contributed by atoms with Crippen LogP contribution in [0.1, 0.15) is 45.4 Å². The molecule has 196 valence electrons. The lowest BCUT2D eigenvalue weighted by molar-refractivity contribution is -0.143. The second-order valence-corrected chi connectivity index (χ2v) is 11.0. The second-order valence-electron chi connectivity index (χ2n) is 9.97. The van der Waals surface area contributed by atoms with E-state index in [9.17, 15) is 9.59 Å². The van der Waals surface area contributed by atoms with Gasteiger partial charge in [0.05, 0.1) is 22.5 Å². The van der Waals surface area contributed by atoms with Crippen molar-refractivity contribution in [2.24, 2.45) is 0 Å². The molecule has 5 rings (SSSR count). The Balaban J connectivity index is 1.25. The number of hydrogen-bond donors (Lipinski definition) is 2. The first-order chi connectivity index (χ1) is 18.2. The molecule has 10 heteroatoms. The van der Waals surface area contributed by atoms with Gasteiger partial charge in [0.2, 0.25) is 0 Å². The number of imidazole rings is 1. The van der Waals surface area contributed by atoms with Gasteiger partial charge in [0.15, 0.2) is 10.8 Å². The van der Waals surface area contributed by atoms with E-state index >= 15 is 0 Å². The van der Waals surface area contributed by atoms with E-state index in [1.165, 1.54) is 0 Å². The summed E-state index contributed by atoms with van der Waals surface area (Å²) in [5.41, 5.74) is 4.41. The molecule has 0 saturated heterocycles. The third-order valence-corrected chi connectivity index (χ3v) is 7.03. The SMILES string of the molecule is CCOC(=O)CCc1ccc2c(c1)sc1nc(-c3ccc(NC(=O)Nc4cc(C(C)(C)C)on4)cc3)cn12. The second kappa shape index (κ2) is 10.3. The van der Waals surface area contributed by atoms with Gasteiger partial charge >= 0.3 is 12.0 Å². The van der Waals surface area contributed by atoms with Crippen LogP contribution in [-0.4, -0.2) is 33.1 Å². The number of thiazole rings is 1. The number of carbonyl (C=O) groups is 2. The van der Waals surface area contributed by atoms with Crippen LogP contribution in [0.5, 0.6) is 0 Å². The van der Waals surface area contributed by atoms with E-state index < -0.39 is 6.03 Å². The van der Waals surface area contributed by atoms with Crippen LogP contribution in [0, 0.1) is 0 Å². The number of aryl methyl sites for hydroxylation is 1. The number of nitrogens with zero attached hydrogens (tertiary/aromatic N) is 3. The van der Waals surface area contributed by atoms with Gasteiger partial charge in [0.25, 0.3) is 0 Å². The normalized spacial score (nSPS) is 11.7. The number of amides is 2. The number of ether oxygens (including phenoxy) is 1. The number of benzene rings is 2. The van der Waals surface area contributed by atoms with Crippen molar-refractivity contribution in [2.75, 3.05) is 17.2 Å². The monoisotopic (exact) mass is 531 g/mol. The molecule has 0 aliphatic rings. The van der Waals surface area contributed by atoms with Gasteiger partial charge in [-0.1, -0.05) is 55.5 Å². The number of urea groups is 1. The highest BCUT2D eigenvalue weighted by molar-refractivity contribution is 7.23. The minimum absolute atomic E-state index is 0.176. The summed E-state index contributed by atoms with van der Waals surface area (Å²) in [4.78, 5) is 29.8. The Kier molecular flexibility index (Phi) is 6.90. The minimum Gasteiger partial charge on any atom is -0.466 e. The average molecular weight is 532 g/mol. The van der Waals surface area contributed by atoms with Crippen LogP contribution in [0.3, 0.4) is 0 Å². The van der Waals surface area contributed by atoms with Crippen molar-refractivity contribution >= 4 is 50.0 Å². The van der Waals surface area contributed by atoms with Crippen molar-refractivity contribution in [1.29, 1.82) is 0 Å². The van der Waals surface area contributed by atoms with Gasteiger partial charge in [0.1, 0.15) is 5.76 Å². The Bertz CT molecular complexity index is 1610. The van der Waals surface area contributed by atoms with E-state index in [2.05, 4.69) is 32.3 Å². The molecule has 0 saturated carbocycles. The number of fused-ring (bicyclic) bond motifs is 3. The molecular formula is C28H29N5O4S. The first-order valence-corrected chi connectivity index (χ1v) is 13.2. The third-order valence-electron chi connectivity index (χ3n) is 6.01. The van der Waals surface area contributed by atoms with Gasteiger partial charge in [-0.2, -0.15) is 0 Å². The van der Waals surface area contributed by atoms with Gasteiger partial charge in [0, 0.05) is 35.3 Å². The van der Waals surface area contributed by atoms with E-state index in [1.54, 1.807) is 17.4 Å². The number of nitrogens with one attached hydrogen (secondary N) is 2. The molecule has 0 atom stereocenters. The van der Waals surface area contributed by atoms with Gasteiger partial charge in [-0.05, 0) is 43.2 Å². The van der Waals surface area contributed by atoms with Crippen molar-refractivity contribution in [3.8, 4) is 11.3 Å². The van der Waals surface area contributed by atoms with Crippen LogP contribution in [0.4, 0.5) is 16.3 Å². The first kappa shape index (κ1) is 25.5. The largest absolute Gasteiger partial charge is 0.466 e. The van der Waals surface area contributed by atoms with Gasteiger partial charge in [-0.25, -0.2) is 9.78 Å². The lowest BCUT2D eigenvalue weighted by atomic mass is 9.93. The molecule has 0 aliphatic carbocycles. The highest BCUT2D eigenvalue weighted by Gasteiger charge is 2.20. The molecule has 0 radical (unpaired) electrons. The van der Waals surface area contributed by atoms with Crippen molar-refractivity contribution in [1.82, 2.24) is 14.5 Å². The maximum atomic E-state index is 12.4. The Hall–Kier alpha value is -4.18. The van der Waals surface area contributed by atoms with E-state index in [0.717, 1.165) is 32.0 Å². The minimum atomic E-state index is -0.401. The highest BCUT2D eigenvalue weighted by Crippen LogP contribution is 2.31. The Labute approximate surface area is 223 Å². The molecule has 0 aliphatic heterocycles. The molecule has 0 bridgehead atoms. The zero-order valence-corrected chi connectivity index (χ0v) is 22.5. The van der Waals surface area contributed by atoms with E-state index in [1.807, 2.05) is 64.2 Å². The fraction of sp³-hybridized carbons (Fsp3) is 0.286. The fourth-order valence-corrected chi connectivity index (χ4v) is 5.08. The van der Waals surface area contributed by atoms with Gasteiger partial charge < -0.3 is 14.6 Å². The van der Waals surface area contributed by atoms with Crippen LogP contribution >= 0.6 is 11.3 Å². The maximum absolute atomic E-state index is 12.4.